The molecule has 0 aliphatic heterocycles. The number of halogens is 1. The minimum absolute atomic E-state index is 0.0893. The number of benzene rings is 2. The van der Waals surface area contributed by atoms with Crippen LogP contribution in [-0.4, -0.2) is 7.11 Å². The molecule has 0 fully saturated rings. The number of methoxy groups -OCH3 is 1. The average Bonchev–Trinajstić information content (AvgIpc) is 2.45. The molecule has 19 heavy (non-hydrogen) atoms. The summed E-state index contributed by atoms with van der Waals surface area (Å²) in [6.45, 7) is 4.42. The van der Waals surface area contributed by atoms with Gasteiger partial charge in [0.1, 0.15) is 5.75 Å². The molecule has 0 amide bonds. The van der Waals surface area contributed by atoms with Crippen LogP contribution in [0.15, 0.2) is 36.4 Å². The van der Waals surface area contributed by atoms with Gasteiger partial charge in [-0.15, -0.1) is 11.6 Å². The monoisotopic (exact) mass is 276 g/mol. The molecule has 0 saturated heterocycles. The Balaban J connectivity index is 2.31. The van der Waals surface area contributed by atoms with Gasteiger partial charge >= 0.3 is 0 Å². The summed E-state index contributed by atoms with van der Waals surface area (Å²) < 4.78 is 5.24. The highest BCUT2D eigenvalue weighted by atomic mass is 35.5. The van der Waals surface area contributed by atoms with Crippen LogP contribution in [0.5, 0.6) is 5.75 Å². The molecule has 2 aromatic carbocycles. The van der Waals surface area contributed by atoms with Crippen molar-refractivity contribution in [1.29, 1.82) is 0 Å². The Kier molecular flexibility index (Phi) is 4.71. The van der Waals surface area contributed by atoms with Crippen molar-refractivity contribution in [3.05, 3.63) is 42.0 Å². The van der Waals surface area contributed by atoms with E-state index in [0.29, 0.717) is 5.92 Å². The molecule has 2 unspecified atom stereocenters. The third-order valence-electron chi connectivity index (χ3n) is 3.63. The molecule has 0 aliphatic rings. The lowest BCUT2D eigenvalue weighted by atomic mass is 9.95. The van der Waals surface area contributed by atoms with E-state index in [2.05, 4.69) is 44.2 Å². The molecule has 0 aliphatic carbocycles. The maximum absolute atomic E-state index is 6.57. The predicted octanol–water partition coefficient (Wildman–Crippen LogP) is 5.56. The van der Waals surface area contributed by atoms with E-state index in [1.165, 1.54) is 22.8 Å². The average molecular weight is 277 g/mol. The summed E-state index contributed by atoms with van der Waals surface area (Å²) in [5, 5.41) is 2.49. The number of hydrogen-bond acceptors (Lipinski definition) is 1. The van der Waals surface area contributed by atoms with Crippen LogP contribution in [-0.2, 0) is 0 Å². The number of hydrogen-bond donors (Lipinski definition) is 0. The summed E-state index contributed by atoms with van der Waals surface area (Å²) in [4.78, 5) is 0. The molecule has 0 radical (unpaired) electrons. The Morgan fingerprint density at radius 1 is 1.11 bits per heavy atom. The van der Waals surface area contributed by atoms with Gasteiger partial charge in [-0.05, 0) is 46.9 Å². The smallest absolute Gasteiger partial charge is 0.119 e. The van der Waals surface area contributed by atoms with Gasteiger partial charge in [-0.1, -0.05) is 38.5 Å². The maximum atomic E-state index is 6.57. The largest absolute Gasteiger partial charge is 0.497 e. The Labute approximate surface area is 120 Å². The van der Waals surface area contributed by atoms with Gasteiger partial charge in [-0.2, -0.15) is 0 Å². The SMILES string of the molecule is CCCC(C)C(Cl)c1ccc2cc(OC)ccc2c1. The van der Waals surface area contributed by atoms with Crippen LogP contribution in [0.4, 0.5) is 0 Å². The second kappa shape index (κ2) is 6.29. The Hall–Kier alpha value is -1.21. The van der Waals surface area contributed by atoms with Crippen molar-refractivity contribution >= 4 is 22.4 Å². The Bertz CT molecular complexity index is 550. The summed E-state index contributed by atoms with van der Waals surface area (Å²) in [7, 11) is 1.69. The molecule has 2 rings (SSSR count). The maximum Gasteiger partial charge on any atom is 0.119 e. The molecule has 2 heteroatoms. The van der Waals surface area contributed by atoms with Gasteiger partial charge < -0.3 is 4.74 Å². The summed E-state index contributed by atoms with van der Waals surface area (Å²) in [5.74, 6) is 1.39. The minimum atomic E-state index is 0.0893. The molecule has 0 spiro atoms. The second-order valence-corrected chi connectivity index (χ2v) is 5.61. The third kappa shape index (κ3) is 3.22. The standard InChI is InChI=1S/C17H21ClO/c1-4-5-12(2)17(18)15-7-6-14-11-16(19-3)9-8-13(14)10-15/h6-12,17H,4-5H2,1-3H3. The number of rotatable bonds is 5. The highest BCUT2D eigenvalue weighted by Gasteiger charge is 2.16. The van der Waals surface area contributed by atoms with Crippen molar-refractivity contribution in [3.63, 3.8) is 0 Å². The molecule has 0 aromatic heterocycles. The quantitative estimate of drug-likeness (QED) is 0.649. The lowest BCUT2D eigenvalue weighted by Crippen LogP contribution is -2.03. The van der Waals surface area contributed by atoms with Crippen molar-refractivity contribution in [1.82, 2.24) is 0 Å². The van der Waals surface area contributed by atoms with Crippen LogP contribution < -0.4 is 4.74 Å². The highest BCUT2D eigenvalue weighted by Crippen LogP contribution is 2.33. The van der Waals surface area contributed by atoms with Crippen LogP contribution in [0.2, 0.25) is 0 Å². The van der Waals surface area contributed by atoms with Crippen LogP contribution in [0.25, 0.3) is 10.8 Å². The van der Waals surface area contributed by atoms with E-state index in [0.717, 1.165) is 12.2 Å². The zero-order valence-corrected chi connectivity index (χ0v) is 12.6. The summed E-state index contributed by atoms with van der Waals surface area (Å²) >= 11 is 6.57. The number of fused-ring (bicyclic) bond motifs is 1. The molecule has 0 heterocycles. The fraction of sp³-hybridized carbons (Fsp3) is 0.412. The van der Waals surface area contributed by atoms with Crippen molar-refractivity contribution in [2.75, 3.05) is 7.11 Å². The van der Waals surface area contributed by atoms with Gasteiger partial charge in [0.05, 0.1) is 12.5 Å². The first-order valence-corrected chi connectivity index (χ1v) is 7.31. The van der Waals surface area contributed by atoms with Gasteiger partial charge in [0, 0.05) is 0 Å². The summed E-state index contributed by atoms with van der Waals surface area (Å²) in [6, 6.07) is 12.6. The zero-order chi connectivity index (χ0) is 13.8. The molecule has 0 saturated carbocycles. The fourth-order valence-electron chi connectivity index (χ4n) is 2.47. The predicted molar refractivity (Wildman–Crippen MR) is 83.2 cm³/mol. The fourth-order valence-corrected chi connectivity index (χ4v) is 2.73. The van der Waals surface area contributed by atoms with Gasteiger partial charge in [0.15, 0.2) is 0 Å². The van der Waals surface area contributed by atoms with Crippen molar-refractivity contribution in [2.45, 2.75) is 32.1 Å². The van der Waals surface area contributed by atoms with E-state index in [1.807, 2.05) is 6.07 Å². The van der Waals surface area contributed by atoms with Crippen molar-refractivity contribution < 1.29 is 4.74 Å². The Morgan fingerprint density at radius 2 is 1.79 bits per heavy atom. The van der Waals surface area contributed by atoms with E-state index in [-0.39, 0.29) is 5.38 Å². The molecule has 102 valence electrons. The first-order valence-electron chi connectivity index (χ1n) is 6.87. The summed E-state index contributed by atoms with van der Waals surface area (Å²) in [6.07, 6.45) is 2.34. The van der Waals surface area contributed by atoms with Gasteiger partial charge in [-0.3, -0.25) is 0 Å². The van der Waals surface area contributed by atoms with E-state index in [4.69, 9.17) is 16.3 Å². The lowest BCUT2D eigenvalue weighted by molar-refractivity contribution is 0.415. The van der Waals surface area contributed by atoms with Crippen LogP contribution >= 0.6 is 11.6 Å². The molecular formula is C17H21ClO. The van der Waals surface area contributed by atoms with E-state index in [9.17, 15) is 0 Å². The van der Waals surface area contributed by atoms with Crippen LogP contribution in [0.3, 0.4) is 0 Å². The van der Waals surface area contributed by atoms with Crippen LogP contribution in [0.1, 0.15) is 37.6 Å². The first-order chi connectivity index (χ1) is 9.15. The molecule has 2 aromatic rings. The number of alkyl halides is 1. The van der Waals surface area contributed by atoms with E-state index in [1.54, 1.807) is 7.11 Å². The molecular weight excluding hydrogens is 256 g/mol. The van der Waals surface area contributed by atoms with Crippen LogP contribution in [0, 0.1) is 5.92 Å². The van der Waals surface area contributed by atoms with E-state index < -0.39 is 0 Å². The normalized spacial score (nSPS) is 14.3. The Morgan fingerprint density at radius 3 is 2.47 bits per heavy atom. The summed E-state index contributed by atoms with van der Waals surface area (Å²) in [5.41, 5.74) is 1.21. The third-order valence-corrected chi connectivity index (χ3v) is 4.32. The zero-order valence-electron chi connectivity index (χ0n) is 11.8. The van der Waals surface area contributed by atoms with E-state index >= 15 is 0 Å². The second-order valence-electron chi connectivity index (χ2n) is 5.14. The number of ether oxygens (including phenoxy) is 1. The van der Waals surface area contributed by atoms with Crippen molar-refractivity contribution in [3.8, 4) is 5.75 Å². The molecule has 0 N–H and O–H groups in total. The first kappa shape index (κ1) is 14.2. The van der Waals surface area contributed by atoms with Gasteiger partial charge in [-0.25, -0.2) is 0 Å². The van der Waals surface area contributed by atoms with Crippen molar-refractivity contribution in [2.24, 2.45) is 5.92 Å². The lowest BCUT2D eigenvalue weighted by Gasteiger charge is -2.18. The highest BCUT2D eigenvalue weighted by molar-refractivity contribution is 6.21. The molecule has 1 nitrogen and oxygen atoms in total. The topological polar surface area (TPSA) is 9.23 Å². The van der Waals surface area contributed by atoms with Gasteiger partial charge in [0.2, 0.25) is 0 Å². The molecule has 2 atom stereocenters. The minimum Gasteiger partial charge on any atom is -0.497 e. The molecule has 0 bridgehead atoms. The van der Waals surface area contributed by atoms with Gasteiger partial charge in [0.25, 0.3) is 0 Å².